The molecular formula is C38H60N6O2. The molecule has 1 N–H and O–H groups in total. The first kappa shape index (κ1) is 31.3. The van der Waals surface area contributed by atoms with E-state index in [1.54, 1.807) is 0 Å². The Morgan fingerprint density at radius 1 is 0.783 bits per heavy atom. The lowest BCUT2D eigenvalue weighted by Gasteiger charge is -2.60. The lowest BCUT2D eigenvalue weighted by atomic mass is 9.44. The van der Waals surface area contributed by atoms with Gasteiger partial charge in [0.05, 0.1) is 12.6 Å². The highest BCUT2D eigenvalue weighted by Crippen LogP contribution is 2.68. The summed E-state index contributed by atoms with van der Waals surface area (Å²) in [4.78, 5) is 34.1. The normalized spacial score (nSPS) is 41.4. The third-order valence-corrected chi connectivity index (χ3v) is 14.9. The minimum atomic E-state index is -0.0837. The number of aliphatic hydroxyl groups is 1. The van der Waals surface area contributed by atoms with Gasteiger partial charge in [-0.2, -0.15) is 9.97 Å². The summed E-state index contributed by atoms with van der Waals surface area (Å²) in [5, 5.41) is 10.4. The molecule has 9 atom stereocenters. The maximum Gasteiger partial charge on any atom is 0.229 e. The Kier molecular flexibility index (Phi) is 8.31. The van der Waals surface area contributed by atoms with Crippen molar-refractivity contribution in [1.29, 1.82) is 0 Å². The molecule has 8 heteroatoms. The van der Waals surface area contributed by atoms with Crippen molar-refractivity contribution in [3.63, 3.8) is 0 Å². The lowest BCUT2D eigenvalue weighted by Crippen LogP contribution is -2.55. The fourth-order valence-electron chi connectivity index (χ4n) is 12.5. The second kappa shape index (κ2) is 12.2. The number of ketones is 1. The van der Waals surface area contributed by atoms with E-state index in [1.807, 2.05) is 0 Å². The molecule has 7 fully saturated rings. The van der Waals surface area contributed by atoms with E-state index in [0.717, 1.165) is 94.6 Å². The van der Waals surface area contributed by atoms with E-state index in [1.165, 1.54) is 64.2 Å². The summed E-state index contributed by atoms with van der Waals surface area (Å²) >= 11 is 0. The summed E-state index contributed by atoms with van der Waals surface area (Å²) in [5.41, 5.74) is 0.540. The molecule has 8 nitrogen and oxygen atoms in total. The van der Waals surface area contributed by atoms with Gasteiger partial charge in [-0.05, 0) is 117 Å². The van der Waals surface area contributed by atoms with Crippen molar-refractivity contribution in [2.45, 2.75) is 104 Å². The van der Waals surface area contributed by atoms with E-state index < -0.39 is 0 Å². The van der Waals surface area contributed by atoms with Crippen LogP contribution in [0.25, 0.3) is 0 Å². The highest BCUT2D eigenvalue weighted by molar-refractivity contribution is 5.84. The van der Waals surface area contributed by atoms with Crippen molar-refractivity contribution in [3.05, 3.63) is 6.07 Å². The number of anilines is 3. The molecule has 8 rings (SSSR count). The molecule has 46 heavy (non-hydrogen) atoms. The van der Waals surface area contributed by atoms with Crippen LogP contribution < -0.4 is 14.7 Å². The number of rotatable bonds is 6. The van der Waals surface area contributed by atoms with E-state index in [0.29, 0.717) is 35.5 Å². The molecule has 0 unspecified atom stereocenters. The number of piperazine rings is 1. The number of hydrogen-bond donors (Lipinski definition) is 1. The molecule has 0 aromatic carbocycles. The smallest absolute Gasteiger partial charge is 0.229 e. The van der Waals surface area contributed by atoms with Gasteiger partial charge >= 0.3 is 0 Å². The Labute approximate surface area is 277 Å². The van der Waals surface area contributed by atoms with Crippen LogP contribution in [-0.2, 0) is 4.79 Å². The van der Waals surface area contributed by atoms with Crippen molar-refractivity contribution < 1.29 is 9.90 Å². The largest absolute Gasteiger partial charge is 0.393 e. The predicted molar refractivity (Wildman–Crippen MR) is 184 cm³/mol. The second-order valence-corrected chi connectivity index (χ2v) is 17.3. The molecule has 1 aromatic rings. The van der Waals surface area contributed by atoms with Gasteiger partial charge in [0.1, 0.15) is 11.6 Å². The molecule has 254 valence electrons. The van der Waals surface area contributed by atoms with Gasteiger partial charge in [-0.3, -0.25) is 9.69 Å². The van der Waals surface area contributed by atoms with E-state index in [2.05, 4.69) is 46.4 Å². The summed E-state index contributed by atoms with van der Waals surface area (Å²) in [7, 11) is 0. The zero-order valence-corrected chi connectivity index (χ0v) is 29.0. The SMILES string of the molecule is C[C@@H]1C[C@H]2[C@@H]3CC[C@H]4C[C@@H](O)CC[C@]4(C)[C@H]3CC[C@]2(C)[C@H]1C(=O)CN1CCN(c2cc(N3CCCC3)nc(N3CCCC3)n2)CC1. The molecular weight excluding hydrogens is 572 g/mol. The minimum Gasteiger partial charge on any atom is -0.393 e. The Balaban J connectivity index is 0.922. The van der Waals surface area contributed by atoms with Crippen LogP contribution in [-0.4, -0.2) is 90.8 Å². The lowest BCUT2D eigenvalue weighted by molar-refractivity contribution is -0.141. The predicted octanol–water partition coefficient (Wildman–Crippen LogP) is 5.63. The van der Waals surface area contributed by atoms with Crippen molar-refractivity contribution >= 4 is 23.4 Å². The first-order valence-corrected chi connectivity index (χ1v) is 19.3. The van der Waals surface area contributed by atoms with Crippen LogP contribution in [0.4, 0.5) is 17.6 Å². The molecule has 0 bridgehead atoms. The Morgan fingerprint density at radius 2 is 1.41 bits per heavy atom. The van der Waals surface area contributed by atoms with Crippen LogP contribution >= 0.6 is 0 Å². The van der Waals surface area contributed by atoms with Crippen molar-refractivity contribution in [3.8, 4) is 0 Å². The Bertz CT molecular complexity index is 1240. The fourth-order valence-corrected chi connectivity index (χ4v) is 12.5. The number of carbonyl (C=O) groups excluding carboxylic acids is 1. The summed E-state index contributed by atoms with van der Waals surface area (Å²) < 4.78 is 0. The molecule has 3 aliphatic heterocycles. The maximum absolute atomic E-state index is 14.3. The van der Waals surface area contributed by atoms with Gasteiger partial charge in [0.15, 0.2) is 5.78 Å². The summed E-state index contributed by atoms with van der Waals surface area (Å²) in [6.45, 7) is 16.1. The molecule has 0 radical (unpaired) electrons. The molecule has 4 aliphatic carbocycles. The summed E-state index contributed by atoms with van der Waals surface area (Å²) in [6.07, 6.45) is 14.4. The van der Waals surface area contributed by atoms with Gasteiger partial charge < -0.3 is 19.8 Å². The van der Waals surface area contributed by atoms with Crippen molar-refractivity contribution in [2.75, 3.05) is 73.6 Å². The van der Waals surface area contributed by atoms with Gasteiger partial charge in [0.2, 0.25) is 5.95 Å². The third-order valence-electron chi connectivity index (χ3n) is 14.9. The van der Waals surface area contributed by atoms with E-state index in [4.69, 9.17) is 9.97 Å². The minimum absolute atomic E-state index is 0.0837. The molecule has 0 spiro atoms. The second-order valence-electron chi connectivity index (χ2n) is 17.3. The van der Waals surface area contributed by atoms with E-state index in [9.17, 15) is 9.90 Å². The standard InChI is InChI=1S/C38H60N6O2/c1-26-22-31-29-9-8-27-23-28(45)10-12-37(27,2)30(29)11-13-38(31,3)35(26)32(46)25-41-18-20-43(21-19-41)34-24-33(42-14-4-5-15-42)39-36(40-34)44-16-6-7-17-44/h24,26-31,35,45H,4-23,25H2,1-3H3/t26-,27+,28+,29-,30+,31+,35-,37+,38+/m1/s1. The molecule has 3 saturated heterocycles. The molecule has 4 saturated carbocycles. The highest BCUT2D eigenvalue weighted by atomic mass is 16.3. The van der Waals surface area contributed by atoms with Crippen LogP contribution in [0.1, 0.15) is 97.8 Å². The van der Waals surface area contributed by atoms with E-state index in [-0.39, 0.29) is 17.4 Å². The number of aromatic nitrogens is 2. The Hall–Kier alpha value is -1.93. The first-order valence-electron chi connectivity index (χ1n) is 19.3. The fraction of sp³-hybridized carbons (Fsp3) is 0.868. The number of fused-ring (bicyclic) bond motifs is 5. The molecule has 0 amide bonds. The van der Waals surface area contributed by atoms with Gasteiger partial charge in [0.25, 0.3) is 0 Å². The Morgan fingerprint density at radius 3 is 2.11 bits per heavy atom. The van der Waals surface area contributed by atoms with Crippen LogP contribution in [0.2, 0.25) is 0 Å². The number of nitrogens with zero attached hydrogens (tertiary/aromatic N) is 6. The maximum atomic E-state index is 14.3. The topological polar surface area (TPSA) is 76.0 Å². The van der Waals surface area contributed by atoms with Crippen LogP contribution in [0.15, 0.2) is 6.07 Å². The zero-order valence-electron chi connectivity index (χ0n) is 29.0. The zero-order chi connectivity index (χ0) is 31.6. The van der Waals surface area contributed by atoms with Crippen LogP contribution in [0.5, 0.6) is 0 Å². The van der Waals surface area contributed by atoms with Gasteiger partial charge in [-0.1, -0.05) is 20.8 Å². The quantitative estimate of drug-likeness (QED) is 0.433. The van der Waals surface area contributed by atoms with Gasteiger partial charge in [-0.15, -0.1) is 0 Å². The third kappa shape index (κ3) is 5.36. The van der Waals surface area contributed by atoms with Crippen molar-refractivity contribution in [2.24, 2.45) is 46.3 Å². The molecule has 7 aliphatic rings. The molecule has 1 aromatic heterocycles. The van der Waals surface area contributed by atoms with Crippen LogP contribution in [0, 0.1) is 46.3 Å². The number of hydrogen-bond acceptors (Lipinski definition) is 8. The number of carbonyl (C=O) groups is 1. The van der Waals surface area contributed by atoms with Gasteiger partial charge in [0, 0.05) is 64.3 Å². The van der Waals surface area contributed by atoms with E-state index >= 15 is 0 Å². The summed E-state index contributed by atoms with van der Waals surface area (Å²) in [5.74, 6) is 7.19. The monoisotopic (exact) mass is 632 g/mol. The first-order chi connectivity index (χ1) is 22.2. The number of Topliss-reactive ketones (excluding diaryl/α,β-unsaturated/α-hetero) is 1. The van der Waals surface area contributed by atoms with Crippen molar-refractivity contribution in [1.82, 2.24) is 14.9 Å². The number of aliphatic hydroxyl groups excluding tert-OH is 1. The average molecular weight is 633 g/mol. The summed E-state index contributed by atoms with van der Waals surface area (Å²) in [6, 6.07) is 2.23. The van der Waals surface area contributed by atoms with Gasteiger partial charge in [-0.25, -0.2) is 0 Å². The molecule has 4 heterocycles. The average Bonchev–Trinajstić information content (AvgIpc) is 3.83. The highest BCUT2D eigenvalue weighted by Gasteiger charge is 2.62. The van der Waals surface area contributed by atoms with Crippen LogP contribution in [0.3, 0.4) is 0 Å².